The molecule has 0 radical (unpaired) electrons. The van der Waals surface area contributed by atoms with Crippen LogP contribution in [0.1, 0.15) is 38.8 Å². The molecule has 0 heterocycles. The van der Waals surface area contributed by atoms with Gasteiger partial charge in [-0.1, -0.05) is 36.7 Å². The van der Waals surface area contributed by atoms with Crippen molar-refractivity contribution in [1.82, 2.24) is 0 Å². The maximum atomic E-state index is 11.5. The first-order valence-electron chi connectivity index (χ1n) is 10.4. The highest BCUT2D eigenvalue weighted by molar-refractivity contribution is 9.10. The summed E-state index contributed by atoms with van der Waals surface area (Å²) in [5.41, 5.74) is 2.23. The van der Waals surface area contributed by atoms with Crippen LogP contribution in [0.3, 0.4) is 0 Å². The smallest absolute Gasteiger partial charge is 0.344 e. The summed E-state index contributed by atoms with van der Waals surface area (Å²) in [6.07, 6.45) is 0.920. The summed E-state index contributed by atoms with van der Waals surface area (Å²) in [6, 6.07) is 12.4. The lowest BCUT2D eigenvalue weighted by Gasteiger charge is -2.36. The molecule has 2 aromatic rings. The summed E-state index contributed by atoms with van der Waals surface area (Å²) in [6.45, 7) is 13.3. The van der Waals surface area contributed by atoms with Gasteiger partial charge in [-0.3, -0.25) is 0 Å². The lowest BCUT2D eigenvalue weighted by Crippen LogP contribution is -2.28. The molecule has 0 unspecified atom stereocenters. The van der Waals surface area contributed by atoms with E-state index in [4.69, 9.17) is 14.2 Å². The Morgan fingerprint density at radius 3 is 2.58 bits per heavy atom. The lowest BCUT2D eigenvalue weighted by molar-refractivity contribution is -0.145. The van der Waals surface area contributed by atoms with Gasteiger partial charge in [0.15, 0.2) is 6.61 Å². The van der Waals surface area contributed by atoms with Gasteiger partial charge in [-0.25, -0.2) is 4.79 Å². The van der Waals surface area contributed by atoms with Crippen LogP contribution in [0.5, 0.6) is 11.5 Å². The van der Waals surface area contributed by atoms with E-state index in [1.54, 1.807) is 18.7 Å². The number of rotatable bonds is 10. The Bertz CT molecular complexity index is 882. The zero-order valence-corrected chi connectivity index (χ0v) is 22.7. The second kappa shape index (κ2) is 12.0. The number of hydrogen-bond acceptors (Lipinski definition) is 4. The number of aryl methyl sites for hydroxylation is 1. The average Bonchev–Trinajstić information content (AvgIpc) is 2.69. The Morgan fingerprint density at radius 1 is 1.19 bits per heavy atom. The molecular formula is C24H33BrO4SSi. The van der Waals surface area contributed by atoms with Crippen LogP contribution in [0, 0.1) is 6.92 Å². The molecule has 0 saturated heterocycles. The van der Waals surface area contributed by atoms with Gasteiger partial charge in [0.1, 0.15) is 5.75 Å². The summed E-state index contributed by atoms with van der Waals surface area (Å²) in [4.78, 5) is 12.6. The second-order valence-corrected chi connectivity index (χ2v) is 13.8. The van der Waals surface area contributed by atoms with Crippen molar-refractivity contribution in [2.75, 3.05) is 19.4 Å². The Hall–Kier alpha value is -1.44. The van der Waals surface area contributed by atoms with E-state index in [-0.39, 0.29) is 12.6 Å². The first-order chi connectivity index (χ1) is 14.6. The molecule has 0 atom stereocenters. The normalized spacial score (nSPS) is 11.5. The third kappa shape index (κ3) is 8.91. The molecular weight excluding hydrogens is 492 g/mol. The second-order valence-electron chi connectivity index (χ2n) is 8.47. The molecule has 0 saturated carbocycles. The van der Waals surface area contributed by atoms with Crippen LogP contribution in [0.25, 0.3) is 0 Å². The molecule has 1 N–H and O–H groups in total. The van der Waals surface area contributed by atoms with Crippen molar-refractivity contribution in [2.45, 2.75) is 56.9 Å². The SMILES string of the molecule is CCOC(=O)COc1ccc(SCc2cc(Br)cc([OH+]C[Si-](C)C(C)(C)C)c2)cc1C. The predicted molar refractivity (Wildman–Crippen MR) is 135 cm³/mol. The number of carbonyl (C=O) groups excluding carboxylic acids is 1. The van der Waals surface area contributed by atoms with Gasteiger partial charge >= 0.3 is 5.97 Å². The minimum atomic E-state index is -0.533. The number of aliphatic hydroxyl groups is 1. The summed E-state index contributed by atoms with van der Waals surface area (Å²) in [5, 5.41) is 0.350. The van der Waals surface area contributed by atoms with E-state index in [1.807, 2.05) is 19.1 Å². The van der Waals surface area contributed by atoms with E-state index in [0.29, 0.717) is 17.4 Å². The van der Waals surface area contributed by atoms with Gasteiger partial charge in [0.25, 0.3) is 5.75 Å². The van der Waals surface area contributed by atoms with Gasteiger partial charge in [-0.05, 0) is 49.2 Å². The Labute approximate surface area is 200 Å². The highest BCUT2D eigenvalue weighted by Crippen LogP contribution is 2.32. The zero-order valence-electron chi connectivity index (χ0n) is 19.3. The topological polar surface area (TPSA) is 48.3 Å². The summed E-state index contributed by atoms with van der Waals surface area (Å²) in [5.74, 6) is 2.25. The summed E-state index contributed by atoms with van der Waals surface area (Å²) in [7, 11) is -0.533. The summed E-state index contributed by atoms with van der Waals surface area (Å²) >= 11 is 5.40. The van der Waals surface area contributed by atoms with Crippen molar-refractivity contribution in [3.05, 3.63) is 52.0 Å². The first-order valence-corrected chi connectivity index (χ1v) is 14.4. The highest BCUT2D eigenvalue weighted by atomic mass is 79.9. The number of carbonyl (C=O) groups is 1. The van der Waals surface area contributed by atoms with Crippen molar-refractivity contribution < 1.29 is 19.0 Å². The lowest BCUT2D eigenvalue weighted by atomic mass is 10.2. The quantitative estimate of drug-likeness (QED) is 0.150. The van der Waals surface area contributed by atoms with Crippen molar-refractivity contribution >= 4 is 42.5 Å². The van der Waals surface area contributed by atoms with Gasteiger partial charge in [0, 0.05) is 33.5 Å². The zero-order chi connectivity index (χ0) is 23.0. The average molecular weight is 526 g/mol. The molecule has 7 heteroatoms. The molecule has 4 nitrogen and oxygen atoms in total. The van der Waals surface area contributed by atoms with Gasteiger partial charge in [-0.2, -0.15) is 11.6 Å². The molecule has 0 spiro atoms. The number of thioether (sulfide) groups is 1. The minimum Gasteiger partial charge on any atom is -0.609 e. The molecule has 31 heavy (non-hydrogen) atoms. The van der Waals surface area contributed by atoms with E-state index in [9.17, 15) is 4.79 Å². The van der Waals surface area contributed by atoms with Crippen LogP contribution in [0.15, 0.2) is 45.8 Å². The minimum absolute atomic E-state index is 0.0680. The third-order valence-corrected chi connectivity index (χ3v) is 9.64. The van der Waals surface area contributed by atoms with E-state index in [1.165, 1.54) is 5.56 Å². The molecule has 0 bridgehead atoms. The number of benzene rings is 2. The van der Waals surface area contributed by atoms with Crippen LogP contribution >= 0.6 is 27.7 Å². The van der Waals surface area contributed by atoms with Crippen LogP contribution < -0.4 is 4.74 Å². The van der Waals surface area contributed by atoms with Crippen LogP contribution in [-0.4, -0.2) is 38.9 Å². The molecule has 2 rings (SSSR count). The molecule has 0 aliphatic heterocycles. The van der Waals surface area contributed by atoms with Crippen molar-refractivity contribution in [3.63, 3.8) is 0 Å². The first kappa shape index (κ1) is 25.8. The van der Waals surface area contributed by atoms with Gasteiger partial charge in [0.05, 0.1) is 6.61 Å². The molecule has 0 aliphatic carbocycles. The Morgan fingerprint density at radius 2 is 1.94 bits per heavy atom. The number of aromatic hydroxyl groups is 1. The van der Waals surface area contributed by atoms with Crippen LogP contribution in [0.2, 0.25) is 11.6 Å². The van der Waals surface area contributed by atoms with Gasteiger partial charge in [0.2, 0.25) is 0 Å². The van der Waals surface area contributed by atoms with Crippen molar-refractivity contribution in [3.8, 4) is 11.5 Å². The maximum Gasteiger partial charge on any atom is 0.344 e. The van der Waals surface area contributed by atoms with Crippen molar-refractivity contribution in [1.29, 1.82) is 0 Å². The molecule has 0 amide bonds. The predicted octanol–water partition coefficient (Wildman–Crippen LogP) is 6.70. The van der Waals surface area contributed by atoms with Crippen LogP contribution in [0.4, 0.5) is 0 Å². The maximum absolute atomic E-state index is 11.5. The number of hydrogen-bond donors (Lipinski definition) is 0. The number of ether oxygens (including phenoxy) is 3. The Kier molecular flexibility index (Phi) is 9.97. The molecule has 0 aliphatic rings. The van der Waals surface area contributed by atoms with Crippen molar-refractivity contribution in [2.24, 2.45) is 0 Å². The molecule has 0 aromatic heterocycles. The molecule has 0 fully saturated rings. The molecule has 2 aromatic carbocycles. The fourth-order valence-corrected chi connectivity index (χ4v) is 4.98. The Balaban J connectivity index is 1.95. The number of halogens is 1. The largest absolute Gasteiger partial charge is 0.609 e. The highest BCUT2D eigenvalue weighted by Gasteiger charge is 2.12. The van der Waals surface area contributed by atoms with E-state index in [0.717, 1.165) is 32.7 Å². The standard InChI is InChI=1S/C24H32BrO4SSi/c1-7-27-23(26)14-28-22-9-8-21(10-17(22)2)30-15-18-11-19(25)13-20(12-18)29-16-31(6)24(3,4)5/h8-13H,7,14-16H2,1-6H3/q-1/p+1. The summed E-state index contributed by atoms with van der Waals surface area (Å²) < 4.78 is 16.4. The molecule has 170 valence electrons. The van der Waals surface area contributed by atoms with E-state index in [2.05, 4.69) is 67.5 Å². The third-order valence-electron chi connectivity index (χ3n) is 4.92. The fraction of sp³-hybridized carbons (Fsp3) is 0.458. The van der Waals surface area contributed by atoms with Gasteiger partial charge in [-0.15, -0.1) is 20.6 Å². The number of esters is 1. The van der Waals surface area contributed by atoms with Crippen LogP contribution in [-0.2, 0) is 15.3 Å². The fourth-order valence-electron chi connectivity index (χ4n) is 2.63. The van der Waals surface area contributed by atoms with E-state index < -0.39 is 8.80 Å². The van der Waals surface area contributed by atoms with E-state index >= 15 is 0 Å². The van der Waals surface area contributed by atoms with Gasteiger partial charge < -0.3 is 14.2 Å². The monoisotopic (exact) mass is 524 g/mol.